The monoisotopic (exact) mass is 299 g/mol. The molecule has 2 heterocycles. The molecule has 1 aromatic carbocycles. The van der Waals surface area contributed by atoms with Crippen LogP contribution in [0.5, 0.6) is 0 Å². The van der Waals surface area contributed by atoms with Gasteiger partial charge >= 0.3 is 0 Å². The van der Waals surface area contributed by atoms with Gasteiger partial charge in [-0.1, -0.05) is 23.2 Å². The number of benzene rings is 1. The zero-order valence-electron chi connectivity index (χ0n) is 8.94. The van der Waals surface area contributed by atoms with Crippen molar-refractivity contribution in [3.05, 3.63) is 34.3 Å². The Hall–Kier alpha value is -1.37. The fourth-order valence-corrected chi connectivity index (χ4v) is 2.79. The highest BCUT2D eigenvalue weighted by atomic mass is 35.5. The van der Waals surface area contributed by atoms with E-state index >= 15 is 0 Å². The van der Waals surface area contributed by atoms with E-state index in [-0.39, 0.29) is 0 Å². The van der Waals surface area contributed by atoms with Crippen LogP contribution in [0.2, 0.25) is 10.0 Å². The van der Waals surface area contributed by atoms with Gasteiger partial charge in [0.1, 0.15) is 11.0 Å². The Morgan fingerprint density at radius 1 is 1.22 bits per heavy atom. The predicted octanol–water partition coefficient (Wildman–Crippen LogP) is 3.33. The van der Waals surface area contributed by atoms with Crippen molar-refractivity contribution in [3.63, 3.8) is 0 Å². The van der Waals surface area contributed by atoms with E-state index in [4.69, 9.17) is 23.2 Å². The smallest absolute Gasteiger partial charge is 0.130 e. The average molecular weight is 300 g/mol. The van der Waals surface area contributed by atoms with E-state index in [0.717, 1.165) is 23.1 Å². The molecule has 18 heavy (non-hydrogen) atoms. The van der Waals surface area contributed by atoms with Gasteiger partial charge in [0.25, 0.3) is 0 Å². The molecule has 0 saturated heterocycles. The van der Waals surface area contributed by atoms with Crippen LogP contribution in [0.15, 0.2) is 18.6 Å². The van der Waals surface area contributed by atoms with Crippen molar-refractivity contribution in [2.75, 3.05) is 5.32 Å². The molecule has 0 aliphatic rings. The summed E-state index contributed by atoms with van der Waals surface area (Å²) in [5.74, 6) is 0. The predicted molar refractivity (Wildman–Crippen MR) is 73.3 cm³/mol. The van der Waals surface area contributed by atoms with E-state index in [9.17, 15) is 0 Å². The quantitative estimate of drug-likeness (QED) is 0.778. The van der Waals surface area contributed by atoms with Crippen LogP contribution in [0.3, 0.4) is 0 Å². The Kier molecular flexibility index (Phi) is 3.07. The summed E-state index contributed by atoms with van der Waals surface area (Å²) in [5.41, 5.74) is 3.05. The number of nitrogens with one attached hydrogen (secondary N) is 2. The van der Waals surface area contributed by atoms with Gasteiger partial charge in [0, 0.05) is 6.20 Å². The Morgan fingerprint density at radius 2 is 2.06 bits per heavy atom. The summed E-state index contributed by atoms with van der Waals surface area (Å²) in [6, 6.07) is 1.67. The third kappa shape index (κ3) is 2.03. The minimum absolute atomic E-state index is 0.510. The van der Waals surface area contributed by atoms with Gasteiger partial charge in [-0.2, -0.15) is 8.75 Å². The molecule has 3 rings (SSSR count). The molecule has 0 radical (unpaired) electrons. The average Bonchev–Trinajstić information content (AvgIpc) is 2.98. The molecule has 8 heteroatoms. The first-order valence-corrected chi connectivity index (χ1v) is 6.55. The minimum Gasteiger partial charge on any atom is -0.376 e. The van der Waals surface area contributed by atoms with E-state index in [1.807, 2.05) is 0 Å². The highest BCUT2D eigenvalue weighted by molar-refractivity contribution is 7.00. The van der Waals surface area contributed by atoms with Crippen molar-refractivity contribution in [1.29, 1.82) is 0 Å². The molecule has 0 atom stereocenters. The molecule has 2 aromatic heterocycles. The maximum atomic E-state index is 6.17. The van der Waals surface area contributed by atoms with Gasteiger partial charge in [0.05, 0.1) is 46.0 Å². The second kappa shape index (κ2) is 4.72. The van der Waals surface area contributed by atoms with Crippen LogP contribution in [-0.4, -0.2) is 18.7 Å². The number of rotatable bonds is 3. The van der Waals surface area contributed by atoms with Gasteiger partial charge in [-0.05, 0) is 6.07 Å². The lowest BCUT2D eigenvalue weighted by molar-refractivity contribution is 1.08. The zero-order valence-corrected chi connectivity index (χ0v) is 11.3. The second-order valence-electron chi connectivity index (χ2n) is 3.61. The number of hydrogen-bond acceptors (Lipinski definition) is 5. The van der Waals surface area contributed by atoms with Gasteiger partial charge in [-0.15, -0.1) is 0 Å². The van der Waals surface area contributed by atoms with Crippen molar-refractivity contribution in [2.45, 2.75) is 6.54 Å². The van der Waals surface area contributed by atoms with Gasteiger partial charge in [0.2, 0.25) is 0 Å². The Balaban J connectivity index is 1.98. The normalized spacial score (nSPS) is 11.0. The van der Waals surface area contributed by atoms with Gasteiger partial charge in [-0.3, -0.25) is 0 Å². The molecule has 2 N–H and O–H groups in total. The molecule has 0 unspecified atom stereocenters. The van der Waals surface area contributed by atoms with Crippen molar-refractivity contribution in [1.82, 2.24) is 18.7 Å². The van der Waals surface area contributed by atoms with Crippen LogP contribution in [0.25, 0.3) is 11.0 Å². The van der Waals surface area contributed by atoms with Crippen LogP contribution < -0.4 is 5.32 Å². The van der Waals surface area contributed by atoms with E-state index < -0.39 is 0 Å². The second-order valence-corrected chi connectivity index (χ2v) is 4.95. The first kappa shape index (κ1) is 11.7. The summed E-state index contributed by atoms with van der Waals surface area (Å²) >= 11 is 13.3. The molecule has 0 amide bonds. The fraction of sp³-hybridized carbons (Fsp3) is 0.100. The number of fused-ring (bicyclic) bond motifs is 1. The zero-order chi connectivity index (χ0) is 12.5. The Morgan fingerprint density at radius 3 is 2.83 bits per heavy atom. The van der Waals surface area contributed by atoms with Crippen LogP contribution in [0, 0.1) is 0 Å². The summed E-state index contributed by atoms with van der Waals surface area (Å²) in [7, 11) is 0. The maximum absolute atomic E-state index is 6.17. The number of nitrogens with zero attached hydrogens (tertiary/aromatic N) is 3. The van der Waals surface area contributed by atoms with E-state index in [1.165, 1.54) is 0 Å². The standard InChI is InChI=1S/C10H7Cl2N5S/c11-6-1-7(12)9-10(17-18-16-9)8(6)14-3-5-2-13-4-15-5/h1-2,4,14H,3H2,(H,13,15). The lowest BCUT2D eigenvalue weighted by atomic mass is 10.2. The summed E-state index contributed by atoms with van der Waals surface area (Å²) < 4.78 is 8.36. The number of imidazole rings is 1. The van der Waals surface area contributed by atoms with Crippen LogP contribution in [-0.2, 0) is 6.54 Å². The minimum atomic E-state index is 0.510. The molecule has 3 aromatic rings. The van der Waals surface area contributed by atoms with E-state index in [1.54, 1.807) is 18.6 Å². The highest BCUT2D eigenvalue weighted by Crippen LogP contribution is 2.35. The number of hydrogen-bond donors (Lipinski definition) is 2. The molecule has 0 aliphatic heterocycles. The first-order valence-electron chi connectivity index (χ1n) is 5.07. The van der Waals surface area contributed by atoms with Crippen molar-refractivity contribution < 1.29 is 0 Å². The Bertz CT molecular complexity index is 679. The Labute approximate surface area is 116 Å². The van der Waals surface area contributed by atoms with Gasteiger partial charge < -0.3 is 10.3 Å². The maximum Gasteiger partial charge on any atom is 0.130 e. The SMILES string of the molecule is Clc1cc(Cl)c2nsnc2c1NCc1cnc[nH]1. The number of halogens is 2. The van der Waals surface area contributed by atoms with Gasteiger partial charge in [-0.25, -0.2) is 4.98 Å². The number of anilines is 1. The highest BCUT2D eigenvalue weighted by Gasteiger charge is 2.13. The third-order valence-corrected chi connectivity index (χ3v) is 3.57. The molecular formula is C10H7Cl2N5S. The summed E-state index contributed by atoms with van der Waals surface area (Å²) in [6.45, 7) is 0.577. The molecule has 0 fully saturated rings. The summed E-state index contributed by atoms with van der Waals surface area (Å²) in [4.78, 5) is 6.95. The third-order valence-electron chi connectivity index (χ3n) is 2.45. The molecule has 0 saturated carbocycles. The van der Waals surface area contributed by atoms with E-state index in [2.05, 4.69) is 24.0 Å². The van der Waals surface area contributed by atoms with Crippen molar-refractivity contribution in [3.8, 4) is 0 Å². The number of aromatic nitrogens is 4. The lowest BCUT2D eigenvalue weighted by Crippen LogP contribution is -2.01. The molecule has 92 valence electrons. The number of H-pyrrole nitrogens is 1. The first-order chi connectivity index (χ1) is 8.75. The summed E-state index contributed by atoms with van der Waals surface area (Å²) in [6.07, 6.45) is 3.37. The molecule has 0 aliphatic carbocycles. The van der Waals surface area contributed by atoms with Gasteiger partial charge in [0.15, 0.2) is 0 Å². The molecule has 0 spiro atoms. The molecule has 0 bridgehead atoms. The topological polar surface area (TPSA) is 66.5 Å². The lowest BCUT2D eigenvalue weighted by Gasteiger charge is -2.08. The van der Waals surface area contributed by atoms with Crippen LogP contribution >= 0.6 is 34.9 Å². The number of aromatic amines is 1. The van der Waals surface area contributed by atoms with Crippen LogP contribution in [0.4, 0.5) is 5.69 Å². The van der Waals surface area contributed by atoms with Crippen molar-refractivity contribution >= 4 is 51.7 Å². The molecular weight excluding hydrogens is 293 g/mol. The fourth-order valence-electron chi connectivity index (χ4n) is 1.61. The van der Waals surface area contributed by atoms with Crippen LogP contribution in [0.1, 0.15) is 5.69 Å². The molecule has 5 nitrogen and oxygen atoms in total. The van der Waals surface area contributed by atoms with Crippen molar-refractivity contribution in [2.24, 2.45) is 0 Å². The largest absolute Gasteiger partial charge is 0.376 e. The van der Waals surface area contributed by atoms with E-state index in [0.29, 0.717) is 27.6 Å². The summed E-state index contributed by atoms with van der Waals surface area (Å²) in [5, 5.41) is 4.25.